The smallest absolute Gasteiger partial charge is 0.317 e. The summed E-state index contributed by atoms with van der Waals surface area (Å²) in [5.74, 6) is 1.32. The zero-order valence-corrected chi connectivity index (χ0v) is 21.5. The quantitative estimate of drug-likeness (QED) is 0.0733. The van der Waals surface area contributed by atoms with Gasteiger partial charge in [-0.1, -0.05) is 32.0 Å². The van der Waals surface area contributed by atoms with E-state index in [4.69, 9.17) is 23.1 Å². The van der Waals surface area contributed by atoms with Gasteiger partial charge in [-0.2, -0.15) is 5.10 Å². The Balaban J connectivity index is 1.57. The van der Waals surface area contributed by atoms with Crippen molar-refractivity contribution in [2.24, 2.45) is 10.2 Å². The van der Waals surface area contributed by atoms with Crippen LogP contribution in [0.1, 0.15) is 20.8 Å². The van der Waals surface area contributed by atoms with Crippen molar-refractivity contribution in [3.63, 3.8) is 0 Å². The number of para-hydroxylation sites is 1. The van der Waals surface area contributed by atoms with E-state index in [0.717, 1.165) is 25.1 Å². The van der Waals surface area contributed by atoms with Crippen LogP contribution in [0.2, 0.25) is 0 Å². The van der Waals surface area contributed by atoms with Crippen LogP contribution in [0.3, 0.4) is 0 Å². The van der Waals surface area contributed by atoms with Gasteiger partial charge < -0.3 is 18.8 Å². The Morgan fingerprint density at radius 1 is 1.03 bits per heavy atom. The van der Waals surface area contributed by atoms with Gasteiger partial charge in [-0.3, -0.25) is 14.8 Å². The second kappa shape index (κ2) is 12.9. The van der Waals surface area contributed by atoms with Crippen molar-refractivity contribution < 1.29 is 23.1 Å². The Hall–Kier alpha value is -3.87. The van der Waals surface area contributed by atoms with Crippen LogP contribution in [0.4, 0.5) is 11.5 Å². The molecule has 0 saturated carbocycles. The molecular formula is C25H27N5O6S. The molecule has 0 radical (unpaired) electrons. The van der Waals surface area contributed by atoms with Gasteiger partial charge in [0.25, 0.3) is 0 Å². The van der Waals surface area contributed by atoms with E-state index in [2.05, 4.69) is 39.2 Å². The molecule has 0 atom stereocenters. The van der Waals surface area contributed by atoms with Gasteiger partial charge in [0, 0.05) is 0 Å². The standard InChI is InChI=1S/C25H27N5O6S/c1-4-30(5-2)16-33-18-12-13-20-19(14-18)23(31)22(25(34-20)32-6-3)27-29-24-21(15-26-28-24)37-36-35-17-10-8-7-9-11-17/h7-15H,4-6,16H2,1-3H3,(H,26,28). The number of aromatic amines is 1. The van der Waals surface area contributed by atoms with Gasteiger partial charge >= 0.3 is 5.95 Å². The van der Waals surface area contributed by atoms with Gasteiger partial charge in [0.05, 0.1) is 30.2 Å². The SMILES string of the molecule is CCOc1oc2ccc(OCN(CC)CC)cc2c(=O)c1N=Nc1[nH]ncc1SOOc1ccccc1. The Labute approximate surface area is 217 Å². The van der Waals surface area contributed by atoms with Gasteiger partial charge in [-0.15, -0.1) is 14.6 Å². The van der Waals surface area contributed by atoms with Crippen LogP contribution in [0, 0.1) is 0 Å². The minimum absolute atomic E-state index is 0.0297. The summed E-state index contributed by atoms with van der Waals surface area (Å²) in [6.07, 6.45) is 1.50. The monoisotopic (exact) mass is 525 g/mol. The normalized spacial score (nSPS) is 11.5. The number of aromatic nitrogens is 2. The highest BCUT2D eigenvalue weighted by Gasteiger charge is 2.17. The molecule has 0 bridgehead atoms. The van der Waals surface area contributed by atoms with Crippen LogP contribution in [0.25, 0.3) is 11.0 Å². The number of rotatable bonds is 13. The third-order valence-corrected chi connectivity index (χ3v) is 5.84. The molecule has 0 aliphatic rings. The molecule has 0 fully saturated rings. The lowest BCUT2D eigenvalue weighted by Gasteiger charge is -2.18. The highest BCUT2D eigenvalue weighted by atomic mass is 32.2. The maximum absolute atomic E-state index is 13.4. The van der Waals surface area contributed by atoms with E-state index >= 15 is 0 Å². The van der Waals surface area contributed by atoms with E-state index in [-0.39, 0.29) is 24.1 Å². The summed E-state index contributed by atoms with van der Waals surface area (Å²) in [7, 11) is 0. The molecule has 0 amide bonds. The molecule has 4 rings (SSSR count). The second-order valence-electron chi connectivity index (χ2n) is 7.57. The summed E-state index contributed by atoms with van der Waals surface area (Å²) < 4.78 is 22.4. The van der Waals surface area contributed by atoms with Crippen LogP contribution in [-0.2, 0) is 4.33 Å². The van der Waals surface area contributed by atoms with Gasteiger partial charge in [0.15, 0.2) is 11.6 Å². The van der Waals surface area contributed by atoms with Crippen LogP contribution in [-0.4, -0.2) is 41.5 Å². The zero-order chi connectivity index (χ0) is 26.0. The van der Waals surface area contributed by atoms with Crippen LogP contribution in [0.5, 0.6) is 17.4 Å². The van der Waals surface area contributed by atoms with E-state index < -0.39 is 5.43 Å². The minimum atomic E-state index is -0.404. The fourth-order valence-electron chi connectivity index (χ4n) is 3.19. The molecule has 0 aliphatic carbocycles. The molecule has 12 heteroatoms. The second-order valence-corrected chi connectivity index (χ2v) is 8.31. The van der Waals surface area contributed by atoms with E-state index in [0.29, 0.717) is 34.1 Å². The summed E-state index contributed by atoms with van der Waals surface area (Å²) in [4.78, 5) is 21.2. The predicted octanol–water partition coefficient (Wildman–Crippen LogP) is 6.03. The lowest BCUT2D eigenvalue weighted by Crippen LogP contribution is -2.27. The number of nitrogens with one attached hydrogen (secondary N) is 1. The fraction of sp³-hybridized carbons (Fsp3) is 0.280. The topological polar surface area (TPSA) is 124 Å². The van der Waals surface area contributed by atoms with Crippen molar-refractivity contribution in [2.75, 3.05) is 26.4 Å². The lowest BCUT2D eigenvalue weighted by molar-refractivity contribution is -0.0777. The zero-order valence-electron chi connectivity index (χ0n) is 20.7. The molecule has 37 heavy (non-hydrogen) atoms. The molecule has 1 N–H and O–H groups in total. The van der Waals surface area contributed by atoms with Crippen molar-refractivity contribution in [3.05, 3.63) is 65.0 Å². The van der Waals surface area contributed by atoms with Crippen molar-refractivity contribution in [3.8, 4) is 17.4 Å². The largest absolute Gasteiger partial charge is 0.478 e. The number of H-pyrrole nitrogens is 1. The highest BCUT2D eigenvalue weighted by Crippen LogP contribution is 2.33. The maximum Gasteiger partial charge on any atom is 0.317 e. The number of ether oxygens (including phenoxy) is 2. The summed E-state index contributed by atoms with van der Waals surface area (Å²) in [6.45, 7) is 8.28. The molecule has 0 spiro atoms. The molecule has 0 saturated heterocycles. The first-order valence-electron chi connectivity index (χ1n) is 11.7. The molecule has 2 heterocycles. The van der Waals surface area contributed by atoms with E-state index in [9.17, 15) is 4.79 Å². The molecule has 4 aromatic rings. The Morgan fingerprint density at radius 3 is 2.59 bits per heavy atom. The van der Waals surface area contributed by atoms with E-state index in [1.165, 1.54) is 6.20 Å². The summed E-state index contributed by atoms with van der Waals surface area (Å²) in [5, 5.41) is 15.3. The number of benzene rings is 2. The maximum atomic E-state index is 13.4. The first kappa shape index (κ1) is 26.2. The lowest BCUT2D eigenvalue weighted by atomic mass is 10.2. The number of hydrogen-bond acceptors (Lipinski definition) is 11. The molecule has 2 aromatic carbocycles. The Morgan fingerprint density at radius 2 is 1.84 bits per heavy atom. The number of azo groups is 1. The van der Waals surface area contributed by atoms with Crippen molar-refractivity contribution in [1.82, 2.24) is 15.1 Å². The molecule has 11 nitrogen and oxygen atoms in total. The van der Waals surface area contributed by atoms with Crippen LogP contribution < -0.4 is 19.8 Å². The average Bonchev–Trinajstić information content (AvgIpc) is 3.37. The average molecular weight is 526 g/mol. The number of nitrogens with zero attached hydrogens (tertiary/aromatic N) is 4. The van der Waals surface area contributed by atoms with Gasteiger partial charge in [-0.25, -0.2) is 0 Å². The molecule has 194 valence electrons. The Bertz CT molecular complexity index is 1390. The van der Waals surface area contributed by atoms with Crippen molar-refractivity contribution in [1.29, 1.82) is 0 Å². The third-order valence-electron chi connectivity index (χ3n) is 5.22. The summed E-state index contributed by atoms with van der Waals surface area (Å²) in [6, 6.07) is 14.1. The number of hydrogen-bond donors (Lipinski definition) is 1. The Kier molecular flexibility index (Phi) is 9.13. The molecular weight excluding hydrogens is 498 g/mol. The first-order valence-corrected chi connectivity index (χ1v) is 12.5. The molecule has 2 aromatic heterocycles. The number of fused-ring (bicyclic) bond motifs is 1. The molecule has 0 unspecified atom stereocenters. The third kappa shape index (κ3) is 6.67. The van der Waals surface area contributed by atoms with Gasteiger partial charge in [0.1, 0.15) is 23.0 Å². The first-order chi connectivity index (χ1) is 18.1. The predicted molar refractivity (Wildman–Crippen MR) is 139 cm³/mol. The van der Waals surface area contributed by atoms with Crippen molar-refractivity contribution >= 4 is 34.5 Å². The fourth-order valence-corrected chi connectivity index (χ4v) is 3.64. The van der Waals surface area contributed by atoms with Crippen LogP contribution in [0.15, 0.2) is 79.1 Å². The van der Waals surface area contributed by atoms with E-state index in [1.807, 2.05) is 18.2 Å². The van der Waals surface area contributed by atoms with E-state index in [1.54, 1.807) is 37.3 Å². The van der Waals surface area contributed by atoms with Crippen molar-refractivity contribution in [2.45, 2.75) is 25.7 Å². The minimum Gasteiger partial charge on any atom is -0.478 e. The highest BCUT2D eigenvalue weighted by molar-refractivity contribution is 7.94. The van der Waals surface area contributed by atoms with Crippen LogP contribution >= 0.6 is 12.0 Å². The van der Waals surface area contributed by atoms with Gasteiger partial charge in [-0.05, 0) is 50.3 Å². The van der Waals surface area contributed by atoms with Gasteiger partial charge in [0.2, 0.25) is 11.1 Å². The summed E-state index contributed by atoms with van der Waals surface area (Å²) >= 11 is 0.895. The molecule has 0 aliphatic heterocycles. The summed E-state index contributed by atoms with van der Waals surface area (Å²) in [5.41, 5.74) is -0.131.